The number of rotatable bonds is 8. The van der Waals surface area contributed by atoms with Gasteiger partial charge in [-0.15, -0.1) is 10.2 Å². The maximum atomic E-state index is 12.5. The molecule has 8 heteroatoms. The second kappa shape index (κ2) is 10.3. The zero-order valence-corrected chi connectivity index (χ0v) is 19.0. The van der Waals surface area contributed by atoms with Gasteiger partial charge in [0, 0.05) is 17.8 Å². The molecule has 0 bridgehead atoms. The molecule has 1 aromatic heterocycles. The van der Waals surface area contributed by atoms with Crippen LogP contribution in [0.1, 0.15) is 47.2 Å². The van der Waals surface area contributed by atoms with Crippen molar-refractivity contribution in [1.82, 2.24) is 20.1 Å². The number of anilines is 1. The molecule has 1 atom stereocenters. The summed E-state index contributed by atoms with van der Waals surface area (Å²) < 4.78 is 1.92. The Labute approximate surface area is 186 Å². The lowest BCUT2D eigenvalue weighted by Gasteiger charge is -2.15. The van der Waals surface area contributed by atoms with Gasteiger partial charge in [-0.05, 0) is 52.0 Å². The highest BCUT2D eigenvalue weighted by Crippen LogP contribution is 2.21. The van der Waals surface area contributed by atoms with Crippen LogP contribution in [0, 0.1) is 13.8 Å². The van der Waals surface area contributed by atoms with E-state index >= 15 is 0 Å². The van der Waals surface area contributed by atoms with Gasteiger partial charge in [0.2, 0.25) is 5.91 Å². The summed E-state index contributed by atoms with van der Waals surface area (Å²) >= 11 is 1.32. The van der Waals surface area contributed by atoms with E-state index in [2.05, 4.69) is 20.8 Å². The van der Waals surface area contributed by atoms with E-state index in [0.717, 1.165) is 16.8 Å². The van der Waals surface area contributed by atoms with Crippen molar-refractivity contribution in [2.75, 3.05) is 11.1 Å². The standard InChI is InChI=1S/C23H27N5O2S/c1-5-28-21(17(4)24-22(30)18-10-6-15(2)7-11-18)26-27-23(28)31-14-20(29)25-19-12-8-16(3)9-13-19/h6-13,17H,5,14H2,1-4H3,(H,24,30)(H,25,29)/t17-/m0/s1. The van der Waals surface area contributed by atoms with Crippen LogP contribution in [-0.2, 0) is 11.3 Å². The average Bonchev–Trinajstić information content (AvgIpc) is 3.17. The number of nitrogens with one attached hydrogen (secondary N) is 2. The Kier molecular flexibility index (Phi) is 7.46. The normalized spacial score (nSPS) is 11.7. The van der Waals surface area contributed by atoms with Gasteiger partial charge in [0.1, 0.15) is 0 Å². The summed E-state index contributed by atoms with van der Waals surface area (Å²) in [5.41, 5.74) is 3.60. The van der Waals surface area contributed by atoms with E-state index in [1.807, 2.05) is 68.7 Å². The molecule has 0 saturated carbocycles. The molecule has 0 saturated heterocycles. The number of hydrogen-bond donors (Lipinski definition) is 2. The van der Waals surface area contributed by atoms with Gasteiger partial charge in [-0.1, -0.05) is 47.2 Å². The number of carbonyl (C=O) groups excluding carboxylic acids is 2. The molecule has 0 spiro atoms. The average molecular weight is 438 g/mol. The van der Waals surface area contributed by atoms with Crippen LogP contribution >= 0.6 is 11.8 Å². The van der Waals surface area contributed by atoms with Crippen molar-refractivity contribution >= 4 is 29.3 Å². The molecule has 2 N–H and O–H groups in total. The summed E-state index contributed by atoms with van der Waals surface area (Å²) in [6.07, 6.45) is 0. The number of nitrogens with zero attached hydrogens (tertiary/aromatic N) is 3. The first-order chi connectivity index (χ1) is 14.9. The van der Waals surface area contributed by atoms with E-state index in [4.69, 9.17) is 0 Å². The Hall–Kier alpha value is -3.13. The van der Waals surface area contributed by atoms with Gasteiger partial charge in [0.25, 0.3) is 5.91 Å². The molecule has 2 aromatic carbocycles. The minimum Gasteiger partial charge on any atom is -0.342 e. The number of benzene rings is 2. The van der Waals surface area contributed by atoms with Crippen molar-refractivity contribution in [1.29, 1.82) is 0 Å². The van der Waals surface area contributed by atoms with Gasteiger partial charge in [0.15, 0.2) is 11.0 Å². The zero-order chi connectivity index (χ0) is 22.4. The van der Waals surface area contributed by atoms with Crippen molar-refractivity contribution in [2.24, 2.45) is 0 Å². The smallest absolute Gasteiger partial charge is 0.251 e. The van der Waals surface area contributed by atoms with Crippen molar-refractivity contribution < 1.29 is 9.59 Å². The third-order valence-electron chi connectivity index (χ3n) is 4.78. The summed E-state index contributed by atoms with van der Waals surface area (Å²) in [5, 5.41) is 15.0. The summed E-state index contributed by atoms with van der Waals surface area (Å²) in [5.74, 6) is 0.604. The van der Waals surface area contributed by atoms with Crippen LogP contribution in [0.25, 0.3) is 0 Å². The highest BCUT2D eigenvalue weighted by Gasteiger charge is 2.20. The number of hydrogen-bond acceptors (Lipinski definition) is 5. The maximum absolute atomic E-state index is 12.5. The topological polar surface area (TPSA) is 88.9 Å². The molecule has 0 aliphatic heterocycles. The van der Waals surface area contributed by atoms with Gasteiger partial charge < -0.3 is 15.2 Å². The summed E-state index contributed by atoms with van der Waals surface area (Å²) in [4.78, 5) is 24.8. The number of aromatic nitrogens is 3. The first-order valence-electron chi connectivity index (χ1n) is 10.2. The fourth-order valence-electron chi connectivity index (χ4n) is 3.04. The first-order valence-corrected chi connectivity index (χ1v) is 11.2. The summed E-state index contributed by atoms with van der Waals surface area (Å²) in [7, 11) is 0. The molecule has 0 fully saturated rings. The fraction of sp³-hybridized carbons (Fsp3) is 0.304. The van der Waals surface area contributed by atoms with Gasteiger partial charge in [0.05, 0.1) is 11.8 Å². The molecule has 31 heavy (non-hydrogen) atoms. The minimum absolute atomic E-state index is 0.109. The molecule has 162 valence electrons. The number of thioether (sulfide) groups is 1. The van der Waals surface area contributed by atoms with E-state index in [0.29, 0.717) is 23.1 Å². The predicted molar refractivity (Wildman–Crippen MR) is 123 cm³/mol. The van der Waals surface area contributed by atoms with Crippen LogP contribution in [0.4, 0.5) is 5.69 Å². The molecule has 1 heterocycles. The molecule has 0 aliphatic carbocycles. The van der Waals surface area contributed by atoms with Crippen LogP contribution < -0.4 is 10.6 Å². The van der Waals surface area contributed by atoms with Crippen LogP contribution in [-0.4, -0.2) is 32.3 Å². The van der Waals surface area contributed by atoms with Gasteiger partial charge >= 0.3 is 0 Å². The van der Waals surface area contributed by atoms with Gasteiger partial charge in [-0.3, -0.25) is 9.59 Å². The molecule has 0 radical (unpaired) electrons. The van der Waals surface area contributed by atoms with Crippen LogP contribution in [0.15, 0.2) is 53.7 Å². The summed E-state index contributed by atoms with van der Waals surface area (Å²) in [6.45, 7) is 8.47. The molecular weight excluding hydrogens is 410 g/mol. The highest BCUT2D eigenvalue weighted by molar-refractivity contribution is 7.99. The second-order valence-electron chi connectivity index (χ2n) is 7.35. The maximum Gasteiger partial charge on any atom is 0.251 e. The van der Waals surface area contributed by atoms with E-state index in [-0.39, 0.29) is 23.6 Å². The monoisotopic (exact) mass is 437 g/mol. The Morgan fingerprint density at radius 1 is 1.00 bits per heavy atom. The predicted octanol–water partition coefficient (Wildman–Crippen LogP) is 4.14. The highest BCUT2D eigenvalue weighted by atomic mass is 32.2. The lowest BCUT2D eigenvalue weighted by atomic mass is 10.1. The molecule has 3 aromatic rings. The third kappa shape index (κ3) is 5.95. The lowest BCUT2D eigenvalue weighted by Crippen LogP contribution is -2.28. The Morgan fingerprint density at radius 2 is 1.61 bits per heavy atom. The van der Waals surface area contributed by atoms with Crippen LogP contribution in [0.3, 0.4) is 0 Å². The first kappa shape index (κ1) is 22.6. The van der Waals surface area contributed by atoms with Gasteiger partial charge in [-0.25, -0.2) is 0 Å². The summed E-state index contributed by atoms with van der Waals surface area (Å²) in [6, 6.07) is 14.8. The number of aryl methyl sites for hydroxylation is 2. The van der Waals surface area contributed by atoms with Crippen molar-refractivity contribution in [3.63, 3.8) is 0 Å². The molecule has 3 rings (SSSR count). The largest absolute Gasteiger partial charge is 0.342 e. The number of carbonyl (C=O) groups is 2. The second-order valence-corrected chi connectivity index (χ2v) is 8.29. The number of amides is 2. The zero-order valence-electron chi connectivity index (χ0n) is 18.2. The lowest BCUT2D eigenvalue weighted by molar-refractivity contribution is -0.113. The molecule has 7 nitrogen and oxygen atoms in total. The van der Waals surface area contributed by atoms with Crippen molar-refractivity contribution in [3.8, 4) is 0 Å². The van der Waals surface area contributed by atoms with E-state index < -0.39 is 0 Å². The van der Waals surface area contributed by atoms with Crippen LogP contribution in [0.5, 0.6) is 0 Å². The van der Waals surface area contributed by atoms with Crippen LogP contribution in [0.2, 0.25) is 0 Å². The molecule has 2 amide bonds. The molecular formula is C23H27N5O2S. The van der Waals surface area contributed by atoms with E-state index in [1.165, 1.54) is 11.8 Å². The Morgan fingerprint density at radius 3 is 2.23 bits per heavy atom. The van der Waals surface area contributed by atoms with E-state index in [9.17, 15) is 9.59 Å². The third-order valence-corrected chi connectivity index (χ3v) is 5.74. The van der Waals surface area contributed by atoms with E-state index in [1.54, 1.807) is 12.1 Å². The van der Waals surface area contributed by atoms with Crippen molar-refractivity contribution in [2.45, 2.75) is 45.4 Å². The van der Waals surface area contributed by atoms with Crippen molar-refractivity contribution in [3.05, 3.63) is 71.0 Å². The minimum atomic E-state index is -0.322. The van der Waals surface area contributed by atoms with Gasteiger partial charge in [-0.2, -0.15) is 0 Å². The Bertz CT molecular complexity index is 1040. The Balaban J connectivity index is 1.61. The quantitative estimate of drug-likeness (QED) is 0.517. The molecule has 0 aliphatic rings. The molecule has 0 unspecified atom stereocenters. The fourth-order valence-corrected chi connectivity index (χ4v) is 3.85. The SMILES string of the molecule is CCn1c(SCC(=O)Nc2ccc(C)cc2)nnc1[C@H](C)NC(=O)c1ccc(C)cc1.